The predicted octanol–water partition coefficient (Wildman–Crippen LogP) is 4.72. The summed E-state index contributed by atoms with van der Waals surface area (Å²) in [5.74, 6) is -2.79. The van der Waals surface area contributed by atoms with E-state index in [0.717, 1.165) is 13.2 Å². The molecule has 6 nitrogen and oxygen atoms in total. The molecule has 1 atom stereocenters. The maximum atomic E-state index is 14.3. The summed E-state index contributed by atoms with van der Waals surface area (Å²) in [7, 11) is 1.16. The Bertz CT molecular complexity index is 954. The number of hydrogen-bond donors (Lipinski definition) is 0. The van der Waals surface area contributed by atoms with E-state index in [9.17, 15) is 27.2 Å². The highest BCUT2D eigenvalue weighted by Gasteiger charge is 2.32. The van der Waals surface area contributed by atoms with Crippen molar-refractivity contribution in [1.29, 1.82) is 0 Å². The van der Waals surface area contributed by atoms with Gasteiger partial charge < -0.3 is 9.47 Å². The molecule has 0 unspecified atom stereocenters. The molecule has 2 heterocycles. The van der Waals surface area contributed by atoms with Gasteiger partial charge in [0.25, 0.3) is 0 Å². The highest BCUT2D eigenvalue weighted by Crippen LogP contribution is 2.35. The SMILES string of the molecule is COC(=O)C[C@H](C)OC(=O)c1nc(-c2ncc(C(F)(F)F)cc2Cl)c(F)cc1Cl. The largest absolute Gasteiger partial charge is 0.469 e. The number of esters is 2. The van der Waals surface area contributed by atoms with Crippen LogP contribution in [0.15, 0.2) is 18.3 Å². The van der Waals surface area contributed by atoms with Gasteiger partial charge in [0.1, 0.15) is 17.5 Å². The van der Waals surface area contributed by atoms with E-state index in [1.54, 1.807) is 0 Å². The van der Waals surface area contributed by atoms with Crippen molar-refractivity contribution < 1.29 is 36.6 Å². The lowest BCUT2D eigenvalue weighted by atomic mass is 10.2. The summed E-state index contributed by atoms with van der Waals surface area (Å²) < 4.78 is 62.0. The summed E-state index contributed by atoms with van der Waals surface area (Å²) in [6.07, 6.45) is -5.41. The number of ether oxygens (including phenoxy) is 2. The zero-order valence-corrected chi connectivity index (χ0v) is 16.3. The third-order valence-corrected chi connectivity index (χ3v) is 4.08. The molecule has 0 aliphatic heterocycles. The molecule has 2 rings (SSSR count). The topological polar surface area (TPSA) is 78.4 Å². The van der Waals surface area contributed by atoms with Gasteiger partial charge in [-0.05, 0) is 19.1 Å². The first-order valence-corrected chi connectivity index (χ1v) is 8.56. The minimum atomic E-state index is -4.70. The fraction of sp³-hybridized carbons (Fsp3) is 0.294. The van der Waals surface area contributed by atoms with Crippen LogP contribution < -0.4 is 0 Å². The van der Waals surface area contributed by atoms with Crippen LogP contribution in [0.2, 0.25) is 10.0 Å². The molecule has 0 spiro atoms. The molecule has 0 amide bonds. The maximum absolute atomic E-state index is 14.3. The Balaban J connectivity index is 2.39. The fourth-order valence-corrected chi connectivity index (χ4v) is 2.61. The van der Waals surface area contributed by atoms with E-state index in [1.165, 1.54) is 6.92 Å². The molecule has 0 saturated heterocycles. The van der Waals surface area contributed by atoms with Crippen LogP contribution in [-0.4, -0.2) is 35.1 Å². The number of alkyl halides is 3. The molecular weight excluding hydrogens is 443 g/mol. The number of methoxy groups -OCH3 is 1. The summed E-state index contributed by atoms with van der Waals surface area (Å²) in [4.78, 5) is 30.7. The molecule has 0 aromatic carbocycles. The average Bonchev–Trinajstić information content (AvgIpc) is 2.61. The van der Waals surface area contributed by atoms with E-state index in [-0.39, 0.29) is 6.42 Å². The number of hydrogen-bond acceptors (Lipinski definition) is 6. The number of rotatable bonds is 5. The lowest BCUT2D eigenvalue weighted by Crippen LogP contribution is -2.20. The molecule has 0 aliphatic carbocycles. The van der Waals surface area contributed by atoms with Crippen molar-refractivity contribution in [2.24, 2.45) is 0 Å². The molecule has 0 saturated carbocycles. The number of nitrogens with zero attached hydrogens (tertiary/aromatic N) is 2. The van der Waals surface area contributed by atoms with Crippen molar-refractivity contribution in [2.75, 3.05) is 7.11 Å². The van der Waals surface area contributed by atoms with Crippen LogP contribution in [0.3, 0.4) is 0 Å². The summed E-state index contributed by atoms with van der Waals surface area (Å²) in [5.41, 5.74) is -2.69. The molecule has 0 bridgehead atoms. The van der Waals surface area contributed by atoms with Gasteiger partial charge in [0.05, 0.1) is 29.1 Å². The summed E-state index contributed by atoms with van der Waals surface area (Å²) in [6, 6.07) is 1.27. The zero-order valence-electron chi connectivity index (χ0n) is 14.8. The average molecular weight is 455 g/mol. The van der Waals surface area contributed by atoms with Gasteiger partial charge in [-0.3, -0.25) is 9.78 Å². The number of aromatic nitrogens is 2. The molecule has 0 N–H and O–H groups in total. The second-order valence-electron chi connectivity index (χ2n) is 5.70. The van der Waals surface area contributed by atoms with Gasteiger partial charge in [-0.15, -0.1) is 0 Å². The van der Waals surface area contributed by atoms with Gasteiger partial charge in [-0.2, -0.15) is 13.2 Å². The second kappa shape index (κ2) is 8.91. The first kappa shape index (κ1) is 22.8. The van der Waals surface area contributed by atoms with Gasteiger partial charge in [0.15, 0.2) is 11.5 Å². The Morgan fingerprint density at radius 1 is 1.17 bits per heavy atom. The van der Waals surface area contributed by atoms with Crippen LogP contribution in [0.5, 0.6) is 0 Å². The standard InChI is InChI=1S/C17H12Cl2F4N2O4/c1-7(3-12(26)28-2)29-16(27)14-10(19)5-11(20)15(25-14)13-9(18)4-8(6-24-13)17(21,22)23/h4-7H,3H2,1-2H3/t7-/m0/s1. The Hall–Kier alpha value is -2.46. The molecule has 29 heavy (non-hydrogen) atoms. The van der Waals surface area contributed by atoms with Crippen molar-refractivity contribution in [3.8, 4) is 11.4 Å². The van der Waals surface area contributed by atoms with Gasteiger partial charge in [0, 0.05) is 6.20 Å². The second-order valence-corrected chi connectivity index (χ2v) is 6.51. The van der Waals surface area contributed by atoms with Crippen molar-refractivity contribution in [3.05, 3.63) is 45.4 Å². The third kappa shape index (κ3) is 5.54. The normalized spacial score (nSPS) is 12.4. The van der Waals surface area contributed by atoms with Gasteiger partial charge in [-0.1, -0.05) is 23.2 Å². The number of carbonyl (C=O) groups is 2. The van der Waals surface area contributed by atoms with Crippen molar-refractivity contribution in [1.82, 2.24) is 9.97 Å². The van der Waals surface area contributed by atoms with Gasteiger partial charge >= 0.3 is 18.1 Å². The molecule has 2 aromatic rings. The lowest BCUT2D eigenvalue weighted by Gasteiger charge is -2.14. The molecule has 2 aromatic heterocycles. The summed E-state index contributed by atoms with van der Waals surface area (Å²) in [6.45, 7) is 1.40. The predicted molar refractivity (Wildman–Crippen MR) is 94.0 cm³/mol. The maximum Gasteiger partial charge on any atom is 0.417 e. The van der Waals surface area contributed by atoms with E-state index in [4.69, 9.17) is 27.9 Å². The smallest absolute Gasteiger partial charge is 0.417 e. The fourth-order valence-electron chi connectivity index (χ4n) is 2.14. The van der Waals surface area contributed by atoms with E-state index in [2.05, 4.69) is 14.7 Å². The quantitative estimate of drug-likeness (QED) is 0.480. The molecule has 0 aliphatic rings. The van der Waals surface area contributed by atoms with Crippen molar-refractivity contribution in [3.63, 3.8) is 0 Å². The minimum absolute atomic E-state index is 0.250. The minimum Gasteiger partial charge on any atom is -0.469 e. The molecule has 0 radical (unpaired) electrons. The lowest BCUT2D eigenvalue weighted by molar-refractivity contribution is -0.142. The third-order valence-electron chi connectivity index (χ3n) is 3.51. The van der Waals surface area contributed by atoms with Crippen LogP contribution in [0, 0.1) is 5.82 Å². The first-order chi connectivity index (χ1) is 13.4. The van der Waals surface area contributed by atoms with Crippen LogP contribution in [-0.2, 0) is 20.4 Å². The Morgan fingerprint density at radius 2 is 1.83 bits per heavy atom. The first-order valence-electron chi connectivity index (χ1n) is 7.81. The molecule has 156 valence electrons. The van der Waals surface area contributed by atoms with E-state index < -0.39 is 62.7 Å². The van der Waals surface area contributed by atoms with Crippen LogP contribution in [0.25, 0.3) is 11.4 Å². The van der Waals surface area contributed by atoms with Crippen molar-refractivity contribution in [2.45, 2.75) is 25.6 Å². The highest BCUT2D eigenvalue weighted by molar-refractivity contribution is 6.34. The zero-order chi connectivity index (χ0) is 21.9. The Kier molecular flexibility index (Phi) is 7.02. The Morgan fingerprint density at radius 3 is 2.38 bits per heavy atom. The molecule has 12 heteroatoms. The van der Waals surface area contributed by atoms with Gasteiger partial charge in [0.2, 0.25) is 0 Å². The highest BCUT2D eigenvalue weighted by atomic mass is 35.5. The van der Waals surface area contributed by atoms with Crippen molar-refractivity contribution >= 4 is 35.1 Å². The van der Waals surface area contributed by atoms with Crippen LogP contribution in [0.4, 0.5) is 17.6 Å². The van der Waals surface area contributed by atoms with Gasteiger partial charge in [-0.25, -0.2) is 14.2 Å². The number of carbonyl (C=O) groups excluding carboxylic acids is 2. The number of pyridine rings is 2. The van der Waals surface area contributed by atoms with Crippen LogP contribution in [0.1, 0.15) is 29.4 Å². The number of halogens is 6. The van der Waals surface area contributed by atoms with E-state index in [0.29, 0.717) is 12.3 Å². The van der Waals surface area contributed by atoms with E-state index >= 15 is 0 Å². The molecule has 0 fully saturated rings. The molecular formula is C17H12Cl2F4N2O4. The van der Waals surface area contributed by atoms with E-state index in [1.807, 2.05) is 0 Å². The Labute approximate surface area is 171 Å². The monoisotopic (exact) mass is 454 g/mol. The summed E-state index contributed by atoms with van der Waals surface area (Å²) in [5, 5.41) is -0.948. The summed E-state index contributed by atoms with van der Waals surface area (Å²) >= 11 is 11.6. The van der Waals surface area contributed by atoms with Crippen LogP contribution >= 0.6 is 23.2 Å².